The van der Waals surface area contributed by atoms with Crippen LogP contribution in [0.1, 0.15) is 44.9 Å². The van der Waals surface area contributed by atoms with E-state index in [1.165, 1.54) is 50.3 Å². The standard InChI is InChI=1S/C17H24FN3O2/c18-14-10-6-7-11-15(14)20-17(23)21-16(22)12-19-13-8-4-2-1-3-5-9-13/h6-7,10-11,13,19H,1-5,8-9,12H2,(H2,20,21,22,23). The molecule has 0 heterocycles. The van der Waals surface area contributed by atoms with Gasteiger partial charge < -0.3 is 10.6 Å². The van der Waals surface area contributed by atoms with Crippen LogP contribution in [0, 0.1) is 5.82 Å². The highest BCUT2D eigenvalue weighted by Gasteiger charge is 2.14. The quantitative estimate of drug-likeness (QED) is 0.798. The zero-order valence-electron chi connectivity index (χ0n) is 13.2. The van der Waals surface area contributed by atoms with Gasteiger partial charge in [0.15, 0.2) is 0 Å². The number of nitrogens with one attached hydrogen (secondary N) is 3. The van der Waals surface area contributed by atoms with Crippen molar-refractivity contribution in [2.24, 2.45) is 0 Å². The molecule has 2 rings (SSSR count). The molecule has 3 amide bonds. The number of hydrogen-bond acceptors (Lipinski definition) is 3. The van der Waals surface area contributed by atoms with Crippen LogP contribution >= 0.6 is 0 Å². The predicted molar refractivity (Wildman–Crippen MR) is 87.7 cm³/mol. The van der Waals surface area contributed by atoms with Gasteiger partial charge in [-0.2, -0.15) is 0 Å². The molecule has 1 aromatic rings. The van der Waals surface area contributed by atoms with E-state index in [1.54, 1.807) is 6.07 Å². The molecule has 5 nitrogen and oxygen atoms in total. The molecule has 0 aromatic heterocycles. The van der Waals surface area contributed by atoms with Crippen LogP contribution in [0.4, 0.5) is 14.9 Å². The third-order valence-corrected chi connectivity index (χ3v) is 4.03. The Morgan fingerprint density at radius 2 is 1.70 bits per heavy atom. The molecule has 0 bridgehead atoms. The minimum Gasteiger partial charge on any atom is -0.306 e. The molecule has 0 radical (unpaired) electrons. The number of urea groups is 1. The van der Waals surface area contributed by atoms with Crippen LogP contribution < -0.4 is 16.0 Å². The van der Waals surface area contributed by atoms with E-state index in [0.29, 0.717) is 6.04 Å². The number of carbonyl (C=O) groups is 2. The maximum absolute atomic E-state index is 13.4. The second-order valence-electron chi connectivity index (χ2n) is 5.91. The first-order chi connectivity index (χ1) is 11.1. The first-order valence-corrected chi connectivity index (χ1v) is 8.24. The number of benzene rings is 1. The van der Waals surface area contributed by atoms with Gasteiger partial charge in [0.2, 0.25) is 5.91 Å². The van der Waals surface area contributed by atoms with Gasteiger partial charge in [-0.25, -0.2) is 9.18 Å². The molecule has 0 saturated heterocycles. The van der Waals surface area contributed by atoms with Crippen molar-refractivity contribution >= 4 is 17.6 Å². The summed E-state index contributed by atoms with van der Waals surface area (Å²) >= 11 is 0. The molecule has 0 aliphatic heterocycles. The maximum Gasteiger partial charge on any atom is 0.326 e. The van der Waals surface area contributed by atoms with Crippen LogP contribution in [0.15, 0.2) is 24.3 Å². The van der Waals surface area contributed by atoms with Crippen LogP contribution in [-0.2, 0) is 4.79 Å². The fourth-order valence-corrected chi connectivity index (χ4v) is 2.78. The lowest BCUT2D eigenvalue weighted by Gasteiger charge is -2.20. The van der Waals surface area contributed by atoms with Crippen molar-refractivity contribution in [2.45, 2.75) is 51.0 Å². The summed E-state index contributed by atoms with van der Waals surface area (Å²) in [5, 5.41) is 7.73. The van der Waals surface area contributed by atoms with E-state index in [2.05, 4.69) is 16.0 Å². The van der Waals surface area contributed by atoms with Gasteiger partial charge >= 0.3 is 6.03 Å². The summed E-state index contributed by atoms with van der Waals surface area (Å²) in [7, 11) is 0. The summed E-state index contributed by atoms with van der Waals surface area (Å²) < 4.78 is 13.4. The first kappa shape index (κ1) is 17.4. The van der Waals surface area contributed by atoms with Crippen molar-refractivity contribution < 1.29 is 14.0 Å². The Bertz CT molecular complexity index is 528. The molecule has 0 spiro atoms. The number of anilines is 1. The summed E-state index contributed by atoms with van der Waals surface area (Å²) in [6, 6.07) is 5.43. The molecule has 0 unspecified atom stereocenters. The predicted octanol–water partition coefficient (Wildman–Crippen LogP) is 3.18. The lowest BCUT2D eigenvalue weighted by Crippen LogP contribution is -2.43. The number of carbonyl (C=O) groups excluding carboxylic acids is 2. The van der Waals surface area contributed by atoms with E-state index in [0.717, 1.165) is 12.8 Å². The van der Waals surface area contributed by atoms with Gasteiger partial charge in [-0.05, 0) is 25.0 Å². The number of hydrogen-bond donors (Lipinski definition) is 3. The van der Waals surface area contributed by atoms with Crippen LogP contribution in [0.5, 0.6) is 0 Å². The maximum atomic E-state index is 13.4. The Balaban J connectivity index is 1.71. The van der Waals surface area contributed by atoms with Gasteiger partial charge in [0.25, 0.3) is 0 Å². The molecule has 23 heavy (non-hydrogen) atoms. The van der Waals surface area contributed by atoms with Crippen molar-refractivity contribution in [1.29, 1.82) is 0 Å². The largest absolute Gasteiger partial charge is 0.326 e. The average molecular weight is 321 g/mol. The zero-order valence-corrected chi connectivity index (χ0v) is 13.2. The van der Waals surface area contributed by atoms with Crippen LogP contribution in [0.25, 0.3) is 0 Å². The Morgan fingerprint density at radius 1 is 1.04 bits per heavy atom. The monoisotopic (exact) mass is 321 g/mol. The second-order valence-corrected chi connectivity index (χ2v) is 5.91. The number of amides is 3. The second kappa shape index (κ2) is 9.25. The minimum absolute atomic E-state index is 0.0470. The summed E-state index contributed by atoms with van der Waals surface area (Å²) in [4.78, 5) is 23.5. The summed E-state index contributed by atoms with van der Waals surface area (Å²) in [6.07, 6.45) is 8.26. The van der Waals surface area contributed by atoms with Crippen molar-refractivity contribution in [3.05, 3.63) is 30.1 Å². The fraction of sp³-hybridized carbons (Fsp3) is 0.529. The van der Waals surface area contributed by atoms with E-state index in [-0.39, 0.29) is 12.2 Å². The van der Waals surface area contributed by atoms with Gasteiger partial charge in [-0.15, -0.1) is 0 Å². The lowest BCUT2D eigenvalue weighted by atomic mass is 9.97. The molecule has 1 aliphatic carbocycles. The SMILES string of the molecule is O=C(CNC1CCCCCCC1)NC(=O)Nc1ccccc1F. The normalized spacial score (nSPS) is 16.2. The fourth-order valence-electron chi connectivity index (χ4n) is 2.78. The number of imide groups is 1. The lowest BCUT2D eigenvalue weighted by molar-refractivity contribution is -0.119. The molecular weight excluding hydrogens is 297 g/mol. The number of halogens is 1. The molecule has 1 fully saturated rings. The average Bonchev–Trinajstić information content (AvgIpc) is 2.48. The highest BCUT2D eigenvalue weighted by molar-refractivity contribution is 6.01. The smallest absolute Gasteiger partial charge is 0.306 e. The number of rotatable bonds is 4. The van der Waals surface area contributed by atoms with Crippen molar-refractivity contribution in [2.75, 3.05) is 11.9 Å². The third-order valence-electron chi connectivity index (χ3n) is 4.03. The van der Waals surface area contributed by atoms with Crippen molar-refractivity contribution in [1.82, 2.24) is 10.6 Å². The van der Waals surface area contributed by atoms with Crippen LogP contribution in [0.3, 0.4) is 0 Å². The van der Waals surface area contributed by atoms with Gasteiger partial charge in [0.05, 0.1) is 12.2 Å². The van der Waals surface area contributed by atoms with Gasteiger partial charge in [0.1, 0.15) is 5.82 Å². The van der Waals surface area contributed by atoms with E-state index in [4.69, 9.17) is 0 Å². The van der Waals surface area contributed by atoms with Crippen molar-refractivity contribution in [3.8, 4) is 0 Å². The molecule has 6 heteroatoms. The molecule has 1 aromatic carbocycles. The Kier molecular flexibility index (Phi) is 7.00. The summed E-state index contributed by atoms with van der Waals surface area (Å²) in [5.41, 5.74) is 0.0470. The van der Waals surface area contributed by atoms with E-state index >= 15 is 0 Å². The number of para-hydroxylation sites is 1. The highest BCUT2D eigenvalue weighted by atomic mass is 19.1. The molecule has 126 valence electrons. The first-order valence-electron chi connectivity index (χ1n) is 8.24. The van der Waals surface area contributed by atoms with Crippen LogP contribution in [-0.4, -0.2) is 24.5 Å². The van der Waals surface area contributed by atoms with E-state index < -0.39 is 17.8 Å². The summed E-state index contributed by atoms with van der Waals surface area (Å²) in [5.74, 6) is -0.955. The Labute approximate surface area is 136 Å². The molecule has 0 atom stereocenters. The van der Waals surface area contributed by atoms with Gasteiger partial charge in [-0.3, -0.25) is 10.1 Å². The van der Waals surface area contributed by atoms with E-state index in [9.17, 15) is 14.0 Å². The van der Waals surface area contributed by atoms with Gasteiger partial charge in [-0.1, -0.05) is 44.2 Å². The molecule has 1 aliphatic rings. The topological polar surface area (TPSA) is 70.2 Å². The zero-order chi connectivity index (χ0) is 16.5. The van der Waals surface area contributed by atoms with Gasteiger partial charge in [0, 0.05) is 6.04 Å². The third kappa shape index (κ3) is 6.36. The van der Waals surface area contributed by atoms with E-state index in [1.807, 2.05) is 0 Å². The summed E-state index contributed by atoms with van der Waals surface area (Å²) in [6.45, 7) is 0.0926. The van der Waals surface area contributed by atoms with Crippen molar-refractivity contribution in [3.63, 3.8) is 0 Å². The minimum atomic E-state index is -0.723. The highest BCUT2D eigenvalue weighted by Crippen LogP contribution is 2.16. The van der Waals surface area contributed by atoms with Crippen LogP contribution in [0.2, 0.25) is 0 Å². The Morgan fingerprint density at radius 3 is 2.39 bits per heavy atom. The molecule has 1 saturated carbocycles. The molecular formula is C17H24FN3O2. The Hall–Kier alpha value is -1.95. The molecule has 3 N–H and O–H groups in total.